The molecule has 2 N–H and O–H groups in total. The standard InChI is InChI=1S/C23H21Cl2N3O4/c1-11-9-13(22(26)30)10-15-12(2)20(27-19(11)15)21(29)17-16(24)4-3-14(18(17)25)23(31)28-5-7-32-8-6-28/h3-4,9-10,12H,5-8H2,1-2H3,(H2,26,30). The molecule has 0 radical (unpaired) electrons. The Morgan fingerprint density at radius 3 is 2.50 bits per heavy atom. The summed E-state index contributed by atoms with van der Waals surface area (Å²) in [5.41, 5.74) is 8.36. The van der Waals surface area contributed by atoms with E-state index in [9.17, 15) is 14.4 Å². The van der Waals surface area contributed by atoms with Gasteiger partial charge in [0.1, 0.15) is 0 Å². The number of carbonyl (C=O) groups excluding carboxylic acids is 3. The molecule has 4 rings (SSSR count). The van der Waals surface area contributed by atoms with Crippen molar-refractivity contribution in [2.75, 3.05) is 26.3 Å². The third-order valence-electron chi connectivity index (χ3n) is 5.80. The van der Waals surface area contributed by atoms with Gasteiger partial charge in [-0.2, -0.15) is 0 Å². The second-order valence-corrected chi connectivity index (χ2v) is 8.62. The second-order valence-electron chi connectivity index (χ2n) is 7.83. The normalized spacial score (nSPS) is 17.7. The van der Waals surface area contributed by atoms with Crippen LogP contribution in [-0.4, -0.2) is 54.5 Å². The number of aliphatic imine (C=N–C) groups is 1. The summed E-state index contributed by atoms with van der Waals surface area (Å²) in [5.74, 6) is -1.69. The van der Waals surface area contributed by atoms with Crippen LogP contribution in [0, 0.1) is 6.92 Å². The van der Waals surface area contributed by atoms with Gasteiger partial charge in [0.25, 0.3) is 5.91 Å². The fourth-order valence-corrected chi connectivity index (χ4v) is 4.66. The Morgan fingerprint density at radius 2 is 1.84 bits per heavy atom. The van der Waals surface area contributed by atoms with Crippen molar-refractivity contribution in [1.29, 1.82) is 0 Å². The third kappa shape index (κ3) is 3.81. The van der Waals surface area contributed by atoms with E-state index >= 15 is 0 Å². The van der Waals surface area contributed by atoms with Crippen LogP contribution < -0.4 is 5.73 Å². The zero-order valence-corrected chi connectivity index (χ0v) is 19.1. The van der Waals surface area contributed by atoms with Gasteiger partial charge < -0.3 is 15.4 Å². The number of Topliss-reactive ketones (excluding diaryl/α,β-unsaturated/α-hetero) is 1. The largest absolute Gasteiger partial charge is 0.378 e. The summed E-state index contributed by atoms with van der Waals surface area (Å²) < 4.78 is 5.29. The topological polar surface area (TPSA) is 102 Å². The summed E-state index contributed by atoms with van der Waals surface area (Å²) in [7, 11) is 0. The van der Waals surface area contributed by atoms with E-state index in [4.69, 9.17) is 33.7 Å². The van der Waals surface area contributed by atoms with Crippen LogP contribution in [0.25, 0.3) is 0 Å². The predicted octanol–water partition coefficient (Wildman–Crippen LogP) is 3.95. The monoisotopic (exact) mass is 473 g/mol. The van der Waals surface area contributed by atoms with Gasteiger partial charge in [-0.3, -0.25) is 14.4 Å². The van der Waals surface area contributed by atoms with E-state index < -0.39 is 17.6 Å². The Labute approximate surface area is 195 Å². The number of hydrogen-bond donors (Lipinski definition) is 1. The number of rotatable bonds is 4. The van der Waals surface area contributed by atoms with Crippen molar-refractivity contribution in [3.63, 3.8) is 0 Å². The number of fused-ring (bicyclic) bond motifs is 1. The lowest BCUT2D eigenvalue weighted by Crippen LogP contribution is -2.40. The number of aryl methyl sites for hydroxylation is 1. The molecule has 1 fully saturated rings. The first-order valence-electron chi connectivity index (χ1n) is 10.1. The first kappa shape index (κ1) is 22.5. The molecule has 2 aromatic carbocycles. The molecule has 0 bridgehead atoms. The Bertz CT molecular complexity index is 1190. The van der Waals surface area contributed by atoms with Crippen LogP contribution in [0.4, 0.5) is 5.69 Å². The number of halogens is 2. The highest BCUT2D eigenvalue weighted by molar-refractivity contribution is 6.55. The molecular formula is C23H21Cl2N3O4. The highest BCUT2D eigenvalue weighted by Gasteiger charge is 2.34. The highest BCUT2D eigenvalue weighted by Crippen LogP contribution is 2.41. The highest BCUT2D eigenvalue weighted by atomic mass is 35.5. The molecule has 1 unspecified atom stereocenters. The minimum atomic E-state index is -0.553. The van der Waals surface area contributed by atoms with E-state index in [1.807, 2.05) is 6.92 Å². The van der Waals surface area contributed by atoms with Gasteiger partial charge in [0, 0.05) is 24.6 Å². The molecule has 0 aromatic heterocycles. The summed E-state index contributed by atoms with van der Waals surface area (Å²) in [5, 5.41) is 0.137. The maximum atomic E-state index is 13.5. The number of nitrogens with two attached hydrogens (primary N) is 1. The molecule has 1 atom stereocenters. The summed E-state index contributed by atoms with van der Waals surface area (Å²) in [6.45, 7) is 5.40. The quantitative estimate of drug-likeness (QED) is 0.678. The van der Waals surface area contributed by atoms with Crippen molar-refractivity contribution < 1.29 is 19.1 Å². The van der Waals surface area contributed by atoms with Gasteiger partial charge in [-0.1, -0.05) is 30.1 Å². The number of nitrogens with zero attached hydrogens (tertiary/aromatic N) is 2. The SMILES string of the molecule is Cc1cc(C(N)=O)cc2c1N=C(C(=O)c1c(Cl)ccc(C(=O)N3CCOCC3)c1Cl)C2C. The lowest BCUT2D eigenvalue weighted by atomic mass is 9.90. The van der Waals surface area contributed by atoms with Crippen molar-refractivity contribution in [3.8, 4) is 0 Å². The summed E-state index contributed by atoms with van der Waals surface area (Å²) in [6, 6.07) is 6.32. The Kier molecular flexibility index (Phi) is 6.07. The summed E-state index contributed by atoms with van der Waals surface area (Å²) in [4.78, 5) is 44.3. The van der Waals surface area contributed by atoms with Crippen LogP contribution in [0.15, 0.2) is 29.3 Å². The van der Waals surface area contributed by atoms with Gasteiger partial charge in [0.05, 0.1) is 45.8 Å². The predicted molar refractivity (Wildman–Crippen MR) is 123 cm³/mol. The zero-order valence-electron chi connectivity index (χ0n) is 17.6. The van der Waals surface area contributed by atoms with Crippen molar-refractivity contribution in [3.05, 3.63) is 62.1 Å². The van der Waals surface area contributed by atoms with E-state index in [1.165, 1.54) is 12.1 Å². The molecule has 2 aliphatic rings. The first-order valence-corrected chi connectivity index (χ1v) is 10.9. The summed E-state index contributed by atoms with van der Waals surface area (Å²) >= 11 is 12.9. The molecule has 0 aliphatic carbocycles. The van der Waals surface area contributed by atoms with E-state index in [0.717, 1.165) is 11.1 Å². The van der Waals surface area contributed by atoms with E-state index in [2.05, 4.69) is 4.99 Å². The van der Waals surface area contributed by atoms with Crippen LogP contribution in [0.2, 0.25) is 10.0 Å². The van der Waals surface area contributed by atoms with Gasteiger partial charge in [-0.05, 0) is 42.3 Å². The molecule has 7 nitrogen and oxygen atoms in total. The average Bonchev–Trinajstić information content (AvgIpc) is 3.11. The van der Waals surface area contributed by atoms with Crippen molar-refractivity contribution in [2.45, 2.75) is 19.8 Å². The molecule has 1 saturated heterocycles. The lowest BCUT2D eigenvalue weighted by Gasteiger charge is -2.27. The van der Waals surface area contributed by atoms with E-state index in [0.29, 0.717) is 37.6 Å². The fourth-order valence-electron chi connectivity index (χ4n) is 4.03. The molecule has 0 saturated carbocycles. The van der Waals surface area contributed by atoms with Crippen LogP contribution >= 0.6 is 23.2 Å². The third-order valence-corrected chi connectivity index (χ3v) is 6.51. The number of amides is 2. The number of primary amides is 1. The molecule has 2 aromatic rings. The number of hydrogen-bond acceptors (Lipinski definition) is 5. The fraction of sp³-hybridized carbons (Fsp3) is 0.304. The lowest BCUT2D eigenvalue weighted by molar-refractivity contribution is 0.0303. The minimum absolute atomic E-state index is 0.000560. The van der Waals surface area contributed by atoms with Crippen molar-refractivity contribution in [1.82, 2.24) is 4.90 Å². The molecule has 166 valence electrons. The molecule has 2 aliphatic heterocycles. The number of ketones is 1. The van der Waals surface area contributed by atoms with Crippen LogP contribution in [-0.2, 0) is 4.74 Å². The molecule has 0 spiro atoms. The molecule has 2 heterocycles. The Morgan fingerprint density at radius 1 is 1.16 bits per heavy atom. The first-order chi connectivity index (χ1) is 15.2. The van der Waals surface area contributed by atoms with Crippen molar-refractivity contribution in [2.24, 2.45) is 10.7 Å². The van der Waals surface area contributed by atoms with Crippen LogP contribution in [0.1, 0.15) is 55.0 Å². The number of benzene rings is 2. The maximum absolute atomic E-state index is 13.5. The van der Waals surface area contributed by atoms with Gasteiger partial charge in [-0.15, -0.1) is 0 Å². The Balaban J connectivity index is 1.72. The van der Waals surface area contributed by atoms with Gasteiger partial charge >= 0.3 is 0 Å². The zero-order chi connectivity index (χ0) is 23.2. The Hall–Kier alpha value is -2.74. The second kappa shape index (κ2) is 8.65. The molecule has 32 heavy (non-hydrogen) atoms. The van der Waals surface area contributed by atoms with E-state index in [-0.39, 0.29) is 32.8 Å². The van der Waals surface area contributed by atoms with Gasteiger partial charge in [-0.25, -0.2) is 4.99 Å². The number of carbonyl (C=O) groups is 3. The van der Waals surface area contributed by atoms with E-state index in [1.54, 1.807) is 24.0 Å². The maximum Gasteiger partial charge on any atom is 0.255 e. The van der Waals surface area contributed by atoms with Gasteiger partial charge in [0.2, 0.25) is 11.7 Å². The summed E-state index contributed by atoms with van der Waals surface area (Å²) in [6.07, 6.45) is 0. The minimum Gasteiger partial charge on any atom is -0.378 e. The van der Waals surface area contributed by atoms with Crippen LogP contribution in [0.3, 0.4) is 0 Å². The number of ether oxygens (including phenoxy) is 1. The average molecular weight is 474 g/mol. The van der Waals surface area contributed by atoms with Crippen LogP contribution in [0.5, 0.6) is 0 Å². The molecular weight excluding hydrogens is 453 g/mol. The molecule has 9 heteroatoms. The molecule has 2 amide bonds. The smallest absolute Gasteiger partial charge is 0.255 e. The van der Waals surface area contributed by atoms with Crippen molar-refractivity contribution >= 4 is 52.2 Å². The number of morpholine rings is 1. The van der Waals surface area contributed by atoms with Gasteiger partial charge in [0.15, 0.2) is 0 Å².